The van der Waals surface area contributed by atoms with Gasteiger partial charge in [-0.05, 0) is 36.6 Å². The van der Waals surface area contributed by atoms with E-state index in [2.05, 4.69) is 0 Å². The molecule has 5 heteroatoms. The quantitative estimate of drug-likeness (QED) is 0.747. The average molecular weight is 252 g/mol. The number of esters is 1. The van der Waals surface area contributed by atoms with E-state index in [9.17, 15) is 14.7 Å². The number of benzene rings is 1. The Hall–Kier alpha value is -1.88. The summed E-state index contributed by atoms with van der Waals surface area (Å²) < 4.78 is 4.85. The molecule has 0 aliphatic heterocycles. The Kier molecular flexibility index (Phi) is 5.32. The first-order valence-electron chi connectivity index (χ1n) is 5.70. The molecular weight excluding hydrogens is 236 g/mol. The number of ether oxygens (including phenoxy) is 1. The maximum absolute atomic E-state index is 11.5. The van der Waals surface area contributed by atoms with Crippen LogP contribution < -0.4 is 0 Å². The molecule has 0 heterocycles. The average Bonchev–Trinajstić information content (AvgIpc) is 2.36. The monoisotopic (exact) mass is 252 g/mol. The number of carboxylic acids is 1. The van der Waals surface area contributed by atoms with Gasteiger partial charge < -0.3 is 14.9 Å². The molecule has 0 radical (unpaired) electrons. The summed E-state index contributed by atoms with van der Waals surface area (Å²) in [7, 11) is 0. The Balaban J connectivity index is 2.89. The van der Waals surface area contributed by atoms with Crippen LogP contribution in [-0.4, -0.2) is 28.8 Å². The Bertz CT molecular complexity index is 439. The van der Waals surface area contributed by atoms with Crippen LogP contribution in [0.3, 0.4) is 0 Å². The van der Waals surface area contributed by atoms with Crippen LogP contribution in [0.5, 0.6) is 0 Å². The van der Waals surface area contributed by atoms with Gasteiger partial charge in [-0.2, -0.15) is 0 Å². The SMILES string of the molecule is CCOC(=O)c1ccc(CCC(=O)O)c(CO)c1. The normalized spacial score (nSPS) is 10.1. The molecule has 0 saturated heterocycles. The summed E-state index contributed by atoms with van der Waals surface area (Å²) in [6, 6.07) is 4.77. The minimum absolute atomic E-state index is 0.00818. The molecule has 1 aromatic carbocycles. The lowest BCUT2D eigenvalue weighted by Crippen LogP contribution is -2.07. The summed E-state index contributed by atoms with van der Waals surface area (Å²) in [4.78, 5) is 22.0. The predicted octanol–water partition coefficient (Wildman–Crippen LogP) is 1.37. The molecule has 0 bridgehead atoms. The summed E-state index contributed by atoms with van der Waals surface area (Å²) in [5.41, 5.74) is 1.65. The van der Waals surface area contributed by atoms with Crippen molar-refractivity contribution in [2.75, 3.05) is 6.61 Å². The van der Waals surface area contributed by atoms with E-state index in [1.54, 1.807) is 19.1 Å². The standard InChI is InChI=1S/C13H16O5/c1-2-18-13(17)10-4-3-9(5-6-12(15)16)11(7-10)8-14/h3-4,7,14H,2,5-6,8H2,1H3,(H,15,16). The van der Waals surface area contributed by atoms with Gasteiger partial charge in [-0.15, -0.1) is 0 Å². The van der Waals surface area contributed by atoms with Crippen molar-refractivity contribution >= 4 is 11.9 Å². The highest BCUT2D eigenvalue weighted by Crippen LogP contribution is 2.15. The largest absolute Gasteiger partial charge is 0.481 e. The van der Waals surface area contributed by atoms with Crippen LogP contribution >= 0.6 is 0 Å². The topological polar surface area (TPSA) is 83.8 Å². The summed E-state index contributed by atoms with van der Waals surface area (Å²) in [6.45, 7) is 1.77. The molecule has 98 valence electrons. The molecule has 0 aliphatic rings. The second-order valence-corrected chi connectivity index (χ2v) is 3.76. The molecule has 1 aromatic rings. The highest BCUT2D eigenvalue weighted by Gasteiger charge is 2.10. The molecule has 0 aromatic heterocycles. The van der Waals surface area contributed by atoms with E-state index in [-0.39, 0.29) is 19.6 Å². The van der Waals surface area contributed by atoms with Gasteiger partial charge in [0, 0.05) is 6.42 Å². The van der Waals surface area contributed by atoms with Crippen LogP contribution in [0.4, 0.5) is 0 Å². The van der Waals surface area contributed by atoms with Crippen molar-refractivity contribution < 1.29 is 24.5 Å². The number of aliphatic hydroxyl groups excluding tert-OH is 1. The maximum atomic E-state index is 11.5. The van der Waals surface area contributed by atoms with Crippen LogP contribution in [0.25, 0.3) is 0 Å². The van der Waals surface area contributed by atoms with Gasteiger partial charge in [0.1, 0.15) is 0 Å². The minimum atomic E-state index is -0.895. The molecule has 0 unspecified atom stereocenters. The Labute approximate surface area is 105 Å². The van der Waals surface area contributed by atoms with Crippen LogP contribution in [0.15, 0.2) is 18.2 Å². The summed E-state index contributed by atoms with van der Waals surface area (Å²) >= 11 is 0. The number of aryl methyl sites for hydroxylation is 1. The number of aliphatic hydroxyl groups is 1. The third kappa shape index (κ3) is 3.85. The third-order valence-electron chi connectivity index (χ3n) is 2.50. The Morgan fingerprint density at radius 3 is 2.56 bits per heavy atom. The van der Waals surface area contributed by atoms with Gasteiger partial charge in [0.25, 0.3) is 0 Å². The second kappa shape index (κ2) is 6.76. The number of aliphatic carboxylic acids is 1. The molecule has 0 amide bonds. The summed E-state index contributed by atoms with van der Waals surface area (Å²) in [6.07, 6.45) is 0.320. The van der Waals surface area contributed by atoms with Crippen molar-refractivity contribution in [3.8, 4) is 0 Å². The lowest BCUT2D eigenvalue weighted by atomic mass is 10.0. The molecule has 5 nitrogen and oxygen atoms in total. The highest BCUT2D eigenvalue weighted by molar-refractivity contribution is 5.89. The van der Waals surface area contributed by atoms with Crippen molar-refractivity contribution in [3.05, 3.63) is 34.9 Å². The molecule has 18 heavy (non-hydrogen) atoms. The van der Waals surface area contributed by atoms with E-state index >= 15 is 0 Å². The van der Waals surface area contributed by atoms with Gasteiger partial charge in [0.15, 0.2) is 0 Å². The van der Waals surface area contributed by atoms with Gasteiger partial charge in [-0.25, -0.2) is 4.79 Å². The number of carbonyl (C=O) groups excluding carboxylic acids is 1. The van der Waals surface area contributed by atoms with E-state index in [0.29, 0.717) is 17.5 Å². The molecule has 0 fully saturated rings. The molecule has 0 saturated carbocycles. The molecular formula is C13H16O5. The number of rotatable bonds is 6. The zero-order valence-electron chi connectivity index (χ0n) is 10.2. The maximum Gasteiger partial charge on any atom is 0.338 e. The van der Waals surface area contributed by atoms with Gasteiger partial charge in [0.05, 0.1) is 18.8 Å². The Morgan fingerprint density at radius 1 is 1.28 bits per heavy atom. The fourth-order valence-corrected chi connectivity index (χ4v) is 1.60. The molecule has 1 rings (SSSR count). The first-order valence-corrected chi connectivity index (χ1v) is 5.70. The first-order chi connectivity index (χ1) is 8.58. The number of carboxylic acid groups (broad SMARTS) is 1. The smallest absolute Gasteiger partial charge is 0.338 e. The molecule has 0 atom stereocenters. The van der Waals surface area contributed by atoms with Gasteiger partial charge in [-0.3, -0.25) is 4.79 Å². The fourth-order valence-electron chi connectivity index (χ4n) is 1.60. The highest BCUT2D eigenvalue weighted by atomic mass is 16.5. The van der Waals surface area contributed by atoms with Crippen LogP contribution in [0.1, 0.15) is 34.8 Å². The van der Waals surface area contributed by atoms with E-state index < -0.39 is 11.9 Å². The number of hydrogen-bond donors (Lipinski definition) is 2. The first kappa shape index (κ1) is 14.2. The van der Waals surface area contributed by atoms with E-state index in [4.69, 9.17) is 9.84 Å². The third-order valence-corrected chi connectivity index (χ3v) is 2.50. The lowest BCUT2D eigenvalue weighted by Gasteiger charge is -2.08. The van der Waals surface area contributed by atoms with Crippen LogP contribution in [0, 0.1) is 0 Å². The number of carbonyl (C=O) groups is 2. The van der Waals surface area contributed by atoms with Gasteiger partial charge in [-0.1, -0.05) is 6.07 Å². The van der Waals surface area contributed by atoms with Crippen molar-refractivity contribution in [2.24, 2.45) is 0 Å². The predicted molar refractivity (Wildman–Crippen MR) is 64.3 cm³/mol. The fraction of sp³-hybridized carbons (Fsp3) is 0.385. The summed E-state index contributed by atoms with van der Waals surface area (Å²) in [5, 5.41) is 17.8. The molecule has 2 N–H and O–H groups in total. The van der Waals surface area contributed by atoms with E-state index in [1.807, 2.05) is 0 Å². The van der Waals surface area contributed by atoms with E-state index in [1.165, 1.54) is 6.07 Å². The van der Waals surface area contributed by atoms with Crippen LogP contribution in [-0.2, 0) is 22.6 Å². The molecule has 0 spiro atoms. The zero-order chi connectivity index (χ0) is 13.5. The lowest BCUT2D eigenvalue weighted by molar-refractivity contribution is -0.136. The summed E-state index contributed by atoms with van der Waals surface area (Å²) in [5.74, 6) is -1.34. The Morgan fingerprint density at radius 2 is 2.00 bits per heavy atom. The minimum Gasteiger partial charge on any atom is -0.481 e. The van der Waals surface area contributed by atoms with Gasteiger partial charge in [0.2, 0.25) is 0 Å². The van der Waals surface area contributed by atoms with Crippen molar-refractivity contribution in [1.29, 1.82) is 0 Å². The zero-order valence-corrected chi connectivity index (χ0v) is 10.2. The second-order valence-electron chi connectivity index (χ2n) is 3.76. The molecule has 0 aliphatic carbocycles. The van der Waals surface area contributed by atoms with Crippen molar-refractivity contribution in [3.63, 3.8) is 0 Å². The van der Waals surface area contributed by atoms with Crippen molar-refractivity contribution in [2.45, 2.75) is 26.4 Å². The van der Waals surface area contributed by atoms with Crippen LogP contribution in [0.2, 0.25) is 0 Å². The number of hydrogen-bond acceptors (Lipinski definition) is 4. The van der Waals surface area contributed by atoms with Crippen molar-refractivity contribution in [1.82, 2.24) is 0 Å². The van der Waals surface area contributed by atoms with E-state index in [0.717, 1.165) is 5.56 Å². The van der Waals surface area contributed by atoms with Gasteiger partial charge >= 0.3 is 11.9 Å².